The molecule has 2 heterocycles. The fourth-order valence-corrected chi connectivity index (χ4v) is 2.96. The minimum Gasteiger partial charge on any atom is -0.361 e. The molecule has 0 aliphatic heterocycles. The van der Waals surface area contributed by atoms with Gasteiger partial charge >= 0.3 is 5.69 Å². The summed E-state index contributed by atoms with van der Waals surface area (Å²) in [5, 5.41) is 5.43. The molecule has 7 heteroatoms. The van der Waals surface area contributed by atoms with Crippen LogP contribution in [0.25, 0.3) is 21.8 Å². The quantitative estimate of drug-likeness (QED) is 0.522. The summed E-state index contributed by atoms with van der Waals surface area (Å²) in [5.74, 6) is 0. The third-order valence-electron chi connectivity index (χ3n) is 3.77. The Morgan fingerprint density at radius 2 is 1.88 bits per heavy atom. The summed E-state index contributed by atoms with van der Waals surface area (Å²) in [7, 11) is 0. The van der Waals surface area contributed by atoms with Crippen LogP contribution in [0.15, 0.2) is 67.8 Å². The first-order chi connectivity index (χ1) is 11.6. The van der Waals surface area contributed by atoms with Crippen molar-refractivity contribution in [3.05, 3.63) is 79.5 Å². The van der Waals surface area contributed by atoms with Gasteiger partial charge in [0.1, 0.15) is 0 Å². The van der Waals surface area contributed by atoms with Gasteiger partial charge in [-0.05, 0) is 30.3 Å². The third-order valence-corrected chi connectivity index (χ3v) is 4.27. The number of nitrogens with one attached hydrogen (secondary N) is 2. The molecule has 2 N–H and O–H groups in total. The van der Waals surface area contributed by atoms with E-state index >= 15 is 0 Å². The molecule has 0 fully saturated rings. The maximum Gasteiger partial charge on any atom is 0.349 e. The molecule has 0 atom stereocenters. The summed E-state index contributed by atoms with van der Waals surface area (Å²) >= 11 is 3.43. The smallest absolute Gasteiger partial charge is 0.349 e. The molecule has 0 amide bonds. The molecule has 6 nitrogen and oxygen atoms in total. The van der Waals surface area contributed by atoms with Crippen LogP contribution >= 0.6 is 15.9 Å². The molecule has 0 aliphatic rings. The predicted octanol–water partition coefficient (Wildman–Crippen LogP) is 2.82. The molecule has 0 bridgehead atoms. The molecule has 0 spiro atoms. The lowest BCUT2D eigenvalue weighted by molar-refractivity contribution is 0.771. The summed E-state index contributed by atoms with van der Waals surface area (Å²) in [6.45, 7) is 0. The molecular formula is C17H11BrN4O2. The number of hydrogen-bond donors (Lipinski definition) is 2. The Labute approximate surface area is 143 Å². The maximum absolute atomic E-state index is 12.4. The summed E-state index contributed by atoms with van der Waals surface area (Å²) in [4.78, 5) is 30.3. The van der Waals surface area contributed by atoms with Gasteiger partial charge in [-0.3, -0.25) is 4.79 Å². The van der Waals surface area contributed by atoms with E-state index in [9.17, 15) is 9.59 Å². The van der Waals surface area contributed by atoms with Crippen LogP contribution in [0.2, 0.25) is 0 Å². The second-order valence-electron chi connectivity index (χ2n) is 5.27. The highest BCUT2D eigenvalue weighted by atomic mass is 79.9. The van der Waals surface area contributed by atoms with Gasteiger partial charge in [0.2, 0.25) is 0 Å². The van der Waals surface area contributed by atoms with Gasteiger partial charge in [-0.25, -0.2) is 4.79 Å². The Kier molecular flexibility index (Phi) is 3.42. The van der Waals surface area contributed by atoms with E-state index in [4.69, 9.17) is 0 Å². The van der Waals surface area contributed by atoms with Crippen molar-refractivity contribution in [2.75, 3.05) is 0 Å². The van der Waals surface area contributed by atoms with Crippen LogP contribution in [0.5, 0.6) is 0 Å². The van der Waals surface area contributed by atoms with Crippen LogP contribution in [0.1, 0.15) is 5.56 Å². The monoisotopic (exact) mass is 382 g/mol. The summed E-state index contributed by atoms with van der Waals surface area (Å²) in [6.07, 6.45) is 3.28. The largest absolute Gasteiger partial charge is 0.361 e. The lowest BCUT2D eigenvalue weighted by Gasteiger charge is -2.00. The first kappa shape index (κ1) is 14.6. The Balaban J connectivity index is 1.87. The van der Waals surface area contributed by atoms with E-state index in [1.165, 1.54) is 6.21 Å². The number of halogens is 1. The molecule has 4 rings (SSSR count). The molecule has 0 radical (unpaired) electrons. The zero-order chi connectivity index (χ0) is 16.7. The van der Waals surface area contributed by atoms with E-state index in [0.29, 0.717) is 10.9 Å². The van der Waals surface area contributed by atoms with E-state index in [-0.39, 0.29) is 0 Å². The van der Waals surface area contributed by atoms with Crippen LogP contribution in [0, 0.1) is 0 Å². The predicted molar refractivity (Wildman–Crippen MR) is 97.8 cm³/mol. The first-order valence-corrected chi connectivity index (χ1v) is 7.98. The number of hydrogen-bond acceptors (Lipinski definition) is 3. The van der Waals surface area contributed by atoms with Gasteiger partial charge in [0, 0.05) is 27.1 Å². The van der Waals surface area contributed by atoms with Crippen molar-refractivity contribution >= 4 is 44.0 Å². The van der Waals surface area contributed by atoms with Crippen molar-refractivity contribution in [3.63, 3.8) is 0 Å². The zero-order valence-corrected chi connectivity index (χ0v) is 13.9. The molecule has 2 aromatic heterocycles. The Bertz CT molecular complexity index is 1220. The Morgan fingerprint density at radius 1 is 1.04 bits per heavy atom. The van der Waals surface area contributed by atoms with Gasteiger partial charge in [-0.15, -0.1) is 4.68 Å². The lowest BCUT2D eigenvalue weighted by atomic mass is 10.2. The highest BCUT2D eigenvalue weighted by Crippen LogP contribution is 2.21. The number of fused-ring (bicyclic) bond motifs is 2. The van der Waals surface area contributed by atoms with E-state index in [2.05, 4.69) is 31.0 Å². The Morgan fingerprint density at radius 3 is 2.75 bits per heavy atom. The molecular weight excluding hydrogens is 372 g/mol. The fraction of sp³-hybridized carbons (Fsp3) is 0. The number of rotatable bonds is 2. The van der Waals surface area contributed by atoms with Crippen LogP contribution in [0.3, 0.4) is 0 Å². The van der Waals surface area contributed by atoms with E-state index in [1.54, 1.807) is 30.5 Å². The van der Waals surface area contributed by atoms with Crippen LogP contribution in [0.4, 0.5) is 0 Å². The average Bonchev–Trinajstić information content (AvgIpc) is 2.97. The van der Waals surface area contributed by atoms with Crippen molar-refractivity contribution < 1.29 is 0 Å². The molecule has 0 aliphatic carbocycles. The summed E-state index contributed by atoms with van der Waals surface area (Å²) < 4.78 is 1.77. The van der Waals surface area contributed by atoms with Gasteiger partial charge in [-0.1, -0.05) is 28.1 Å². The number of benzene rings is 2. The number of aromatic nitrogens is 3. The zero-order valence-electron chi connectivity index (χ0n) is 12.3. The van der Waals surface area contributed by atoms with Gasteiger partial charge in [0.25, 0.3) is 5.56 Å². The van der Waals surface area contributed by atoms with Crippen molar-refractivity contribution in [2.24, 2.45) is 5.10 Å². The van der Waals surface area contributed by atoms with E-state index in [1.807, 2.05) is 18.2 Å². The topological polar surface area (TPSA) is 83.0 Å². The minimum absolute atomic E-state index is 0.413. The van der Waals surface area contributed by atoms with Crippen molar-refractivity contribution in [3.8, 4) is 0 Å². The fourth-order valence-electron chi connectivity index (χ4n) is 2.60. The van der Waals surface area contributed by atoms with Gasteiger partial charge in [0.15, 0.2) is 0 Å². The molecule has 2 aromatic carbocycles. The summed E-state index contributed by atoms with van der Waals surface area (Å²) in [5.41, 5.74) is 1.20. The summed E-state index contributed by atoms with van der Waals surface area (Å²) in [6, 6.07) is 12.7. The average molecular weight is 383 g/mol. The van der Waals surface area contributed by atoms with E-state index < -0.39 is 11.2 Å². The third kappa shape index (κ3) is 2.39. The van der Waals surface area contributed by atoms with Crippen molar-refractivity contribution in [1.29, 1.82) is 0 Å². The lowest BCUT2D eigenvalue weighted by Crippen LogP contribution is -2.32. The molecule has 24 heavy (non-hydrogen) atoms. The highest BCUT2D eigenvalue weighted by molar-refractivity contribution is 9.10. The van der Waals surface area contributed by atoms with Crippen LogP contribution < -0.4 is 11.2 Å². The number of nitrogens with zero attached hydrogens (tertiary/aromatic N) is 2. The second-order valence-corrected chi connectivity index (χ2v) is 6.19. The number of aromatic amines is 2. The number of para-hydroxylation sites is 1. The number of H-pyrrole nitrogens is 2. The van der Waals surface area contributed by atoms with Gasteiger partial charge in [-0.2, -0.15) is 5.10 Å². The SMILES string of the molecule is O=c1[nH]c2ccccc2c(=O)n1/N=C/c1c[nH]c2ccc(Br)cc12. The second kappa shape index (κ2) is 5.61. The highest BCUT2D eigenvalue weighted by Gasteiger charge is 2.06. The van der Waals surface area contributed by atoms with Crippen LogP contribution in [-0.2, 0) is 0 Å². The van der Waals surface area contributed by atoms with E-state index in [0.717, 1.165) is 25.6 Å². The normalized spacial score (nSPS) is 11.7. The van der Waals surface area contributed by atoms with Gasteiger partial charge in [0.05, 0.1) is 17.1 Å². The first-order valence-electron chi connectivity index (χ1n) is 7.18. The molecule has 0 saturated carbocycles. The molecule has 118 valence electrons. The standard InChI is InChI=1S/C17H11BrN4O2/c18-11-5-6-14-13(7-11)10(8-19-14)9-20-22-16(23)12-3-1-2-4-15(12)21-17(22)24/h1-9,19H,(H,21,24)/b20-9+. The van der Waals surface area contributed by atoms with Crippen LogP contribution in [-0.4, -0.2) is 20.9 Å². The minimum atomic E-state index is -0.573. The van der Waals surface area contributed by atoms with Crippen molar-refractivity contribution in [1.82, 2.24) is 14.6 Å². The Hall–Kier alpha value is -2.93. The van der Waals surface area contributed by atoms with Gasteiger partial charge < -0.3 is 9.97 Å². The van der Waals surface area contributed by atoms with Crippen molar-refractivity contribution in [2.45, 2.75) is 0 Å². The maximum atomic E-state index is 12.4. The molecule has 0 unspecified atom stereocenters. The molecule has 0 saturated heterocycles. The molecule has 4 aromatic rings.